The van der Waals surface area contributed by atoms with Crippen LogP contribution >= 0.6 is 11.8 Å². The van der Waals surface area contributed by atoms with E-state index in [0.29, 0.717) is 29.6 Å². The van der Waals surface area contributed by atoms with Crippen LogP contribution in [-0.4, -0.2) is 9.68 Å². The predicted molar refractivity (Wildman–Crippen MR) is 103 cm³/mol. The van der Waals surface area contributed by atoms with Crippen LogP contribution in [0.5, 0.6) is 0 Å². The van der Waals surface area contributed by atoms with E-state index in [1.54, 1.807) is 0 Å². The van der Waals surface area contributed by atoms with E-state index in [1.807, 2.05) is 0 Å². The Balaban J connectivity index is 1.81. The molecule has 31 heavy (non-hydrogen) atoms. The van der Waals surface area contributed by atoms with Crippen LogP contribution in [0.15, 0.2) is 76.6 Å². The van der Waals surface area contributed by atoms with Crippen LogP contribution in [0.1, 0.15) is 27.0 Å². The molecule has 0 aliphatic heterocycles. The molecule has 0 N–H and O–H groups in total. The molecule has 0 aliphatic rings. The van der Waals surface area contributed by atoms with E-state index in [0.717, 1.165) is 22.8 Å². The number of alkyl halides is 6. The molecule has 0 bridgehead atoms. The Hall–Kier alpha value is -3.01. The van der Waals surface area contributed by atoms with Crippen molar-refractivity contribution in [2.75, 3.05) is 0 Å². The van der Waals surface area contributed by atoms with Crippen LogP contribution in [0.4, 0.5) is 26.3 Å². The van der Waals surface area contributed by atoms with Crippen molar-refractivity contribution < 1.29 is 31.1 Å². The van der Waals surface area contributed by atoms with Crippen LogP contribution in [0.2, 0.25) is 0 Å². The molecular weight excluding hydrogens is 444 g/mol. The smallest absolute Gasteiger partial charge is 0.311 e. The molecule has 0 spiro atoms. The second kappa shape index (κ2) is 8.62. The molecular formula is C21H13F6NO2S. The summed E-state index contributed by atoms with van der Waals surface area (Å²) in [5.41, 5.74) is -2.00. The van der Waals surface area contributed by atoms with Gasteiger partial charge in [0.15, 0.2) is 0 Å². The van der Waals surface area contributed by atoms with Gasteiger partial charge in [-0.3, -0.25) is 9.59 Å². The molecule has 0 fully saturated rings. The highest BCUT2D eigenvalue weighted by atomic mass is 32.2. The summed E-state index contributed by atoms with van der Waals surface area (Å²) in [6.07, 6.45) is -8.47. The Labute approximate surface area is 176 Å². The van der Waals surface area contributed by atoms with E-state index in [-0.39, 0.29) is 17.0 Å². The quantitative estimate of drug-likeness (QED) is 0.364. The maximum atomic E-state index is 12.9. The molecule has 2 aromatic carbocycles. The minimum atomic E-state index is -4.62. The van der Waals surface area contributed by atoms with Gasteiger partial charge in [-0.15, -0.1) is 0 Å². The van der Waals surface area contributed by atoms with Crippen molar-refractivity contribution in [2.45, 2.75) is 23.8 Å². The fourth-order valence-corrected chi connectivity index (χ4v) is 3.51. The summed E-state index contributed by atoms with van der Waals surface area (Å²) in [7, 11) is 0. The largest absolute Gasteiger partial charge is 0.417 e. The first-order valence-corrected chi connectivity index (χ1v) is 9.51. The van der Waals surface area contributed by atoms with Gasteiger partial charge in [0.2, 0.25) is 5.12 Å². The fourth-order valence-electron chi connectivity index (χ4n) is 2.72. The summed E-state index contributed by atoms with van der Waals surface area (Å²) < 4.78 is 78.0. The number of hydrogen-bond donors (Lipinski definition) is 0. The number of halogens is 6. The van der Waals surface area contributed by atoms with Gasteiger partial charge in [-0.1, -0.05) is 24.3 Å². The zero-order chi connectivity index (χ0) is 22.8. The molecule has 1 aromatic heterocycles. The first-order chi connectivity index (χ1) is 14.4. The van der Waals surface area contributed by atoms with Crippen LogP contribution in [-0.2, 0) is 18.9 Å². The maximum Gasteiger partial charge on any atom is 0.417 e. The van der Waals surface area contributed by atoms with Crippen LogP contribution < -0.4 is 5.56 Å². The number of nitrogens with zero attached hydrogens (tertiary/aromatic N) is 1. The Bertz CT molecular complexity index is 1170. The van der Waals surface area contributed by atoms with Gasteiger partial charge in [-0.2, -0.15) is 26.3 Å². The average molecular weight is 457 g/mol. The number of carbonyl (C=O) groups excluding carboxylic acids is 1. The van der Waals surface area contributed by atoms with Crippen molar-refractivity contribution in [3.05, 3.63) is 99.5 Å². The van der Waals surface area contributed by atoms with Gasteiger partial charge < -0.3 is 4.57 Å². The molecule has 0 radical (unpaired) electrons. The summed E-state index contributed by atoms with van der Waals surface area (Å²) >= 11 is 0.595. The second-order valence-electron chi connectivity index (χ2n) is 6.50. The molecule has 0 aliphatic carbocycles. The number of benzene rings is 2. The van der Waals surface area contributed by atoms with Crippen molar-refractivity contribution >= 4 is 16.9 Å². The summed E-state index contributed by atoms with van der Waals surface area (Å²) in [6, 6.07) is 11.6. The highest BCUT2D eigenvalue weighted by molar-refractivity contribution is 8.14. The second-order valence-corrected chi connectivity index (χ2v) is 7.54. The van der Waals surface area contributed by atoms with Crippen molar-refractivity contribution in [2.24, 2.45) is 0 Å². The topological polar surface area (TPSA) is 39.1 Å². The number of thioether (sulfide) groups is 1. The van der Waals surface area contributed by atoms with E-state index in [2.05, 4.69) is 0 Å². The summed E-state index contributed by atoms with van der Waals surface area (Å²) in [5.74, 6) is 0. The van der Waals surface area contributed by atoms with Gasteiger partial charge in [0.1, 0.15) is 0 Å². The van der Waals surface area contributed by atoms with Gasteiger partial charge in [0.25, 0.3) is 5.56 Å². The molecule has 3 aromatic rings. The van der Waals surface area contributed by atoms with Crippen molar-refractivity contribution in [3.63, 3.8) is 0 Å². The molecule has 0 unspecified atom stereocenters. The molecule has 0 saturated carbocycles. The lowest BCUT2D eigenvalue weighted by molar-refractivity contribution is -0.138. The highest BCUT2D eigenvalue weighted by Gasteiger charge is 2.31. The number of hydrogen-bond acceptors (Lipinski definition) is 3. The van der Waals surface area contributed by atoms with Crippen molar-refractivity contribution in [1.82, 2.24) is 4.57 Å². The predicted octanol–water partition coefficient (Wildman–Crippen LogP) is 5.87. The minimum Gasteiger partial charge on any atom is -0.311 e. The normalized spacial score (nSPS) is 12.1. The molecule has 162 valence electrons. The zero-order valence-corrected chi connectivity index (χ0v) is 16.3. The first-order valence-electron chi connectivity index (χ1n) is 8.69. The monoisotopic (exact) mass is 457 g/mol. The van der Waals surface area contributed by atoms with E-state index < -0.39 is 34.2 Å². The van der Waals surface area contributed by atoms with Gasteiger partial charge in [-0.05, 0) is 47.7 Å². The van der Waals surface area contributed by atoms with E-state index in [9.17, 15) is 35.9 Å². The minimum absolute atomic E-state index is 0.0966. The van der Waals surface area contributed by atoms with Gasteiger partial charge >= 0.3 is 12.4 Å². The van der Waals surface area contributed by atoms with Crippen LogP contribution in [0.3, 0.4) is 0 Å². The molecule has 0 atom stereocenters. The Kier molecular flexibility index (Phi) is 6.30. The molecule has 3 rings (SSSR count). The Morgan fingerprint density at radius 2 is 1.52 bits per heavy atom. The Morgan fingerprint density at radius 1 is 0.839 bits per heavy atom. The molecule has 1 heterocycles. The standard InChI is InChI=1S/C21H13F6NO2S/c22-20(23,24)15-5-2-6-17(10-15)31-19(30)14-4-1-3-13(9-14)11-28-12-16(21(25,26)27)7-8-18(28)29/h1-10,12H,11H2. The lowest BCUT2D eigenvalue weighted by atomic mass is 10.1. The molecule has 3 nitrogen and oxygen atoms in total. The summed E-state index contributed by atoms with van der Waals surface area (Å²) in [6.45, 7) is -0.210. The lowest BCUT2D eigenvalue weighted by Crippen LogP contribution is -2.22. The summed E-state index contributed by atoms with van der Waals surface area (Å²) in [4.78, 5) is 24.5. The third-order valence-corrected chi connectivity index (χ3v) is 5.11. The molecule has 0 amide bonds. The van der Waals surface area contributed by atoms with Gasteiger partial charge in [0, 0.05) is 22.7 Å². The fraction of sp³-hybridized carbons (Fsp3) is 0.143. The van der Waals surface area contributed by atoms with Crippen LogP contribution in [0, 0.1) is 0 Å². The number of rotatable bonds is 4. The summed E-state index contributed by atoms with van der Waals surface area (Å²) in [5, 5.41) is -0.544. The third kappa shape index (κ3) is 5.78. The molecule has 0 saturated heterocycles. The van der Waals surface area contributed by atoms with Gasteiger partial charge in [-0.25, -0.2) is 0 Å². The highest BCUT2D eigenvalue weighted by Crippen LogP contribution is 2.33. The lowest BCUT2D eigenvalue weighted by Gasteiger charge is -2.11. The number of carbonyl (C=O) groups is 1. The van der Waals surface area contributed by atoms with Crippen LogP contribution in [0.25, 0.3) is 0 Å². The van der Waals surface area contributed by atoms with E-state index in [1.165, 1.54) is 36.4 Å². The maximum absolute atomic E-state index is 12.9. The van der Waals surface area contributed by atoms with E-state index in [4.69, 9.17) is 0 Å². The molecule has 10 heteroatoms. The SMILES string of the molecule is O=C(Sc1cccc(C(F)(F)F)c1)c1cccc(Cn2cc(C(F)(F)F)ccc2=O)c1. The van der Waals surface area contributed by atoms with Crippen molar-refractivity contribution in [3.8, 4) is 0 Å². The number of pyridine rings is 1. The number of aromatic nitrogens is 1. The zero-order valence-electron chi connectivity index (χ0n) is 15.5. The third-order valence-electron chi connectivity index (χ3n) is 4.20. The average Bonchev–Trinajstić information content (AvgIpc) is 2.68. The first kappa shape index (κ1) is 22.7. The Morgan fingerprint density at radius 3 is 2.19 bits per heavy atom. The van der Waals surface area contributed by atoms with Gasteiger partial charge in [0.05, 0.1) is 17.7 Å². The van der Waals surface area contributed by atoms with Crippen molar-refractivity contribution in [1.29, 1.82) is 0 Å². The van der Waals surface area contributed by atoms with E-state index >= 15 is 0 Å².